The highest BCUT2D eigenvalue weighted by atomic mass is 16.6. The van der Waals surface area contributed by atoms with Crippen LogP contribution in [0.25, 0.3) is 0 Å². The summed E-state index contributed by atoms with van der Waals surface area (Å²) in [4.78, 5) is 22.0. The number of ether oxygens (including phenoxy) is 1. The van der Waals surface area contributed by atoms with Crippen LogP contribution in [0.3, 0.4) is 0 Å². The number of nitro groups is 1. The maximum absolute atomic E-state index is 11.0. The smallest absolute Gasteiger partial charge is 0.372 e. The van der Waals surface area contributed by atoms with Crippen LogP contribution >= 0.6 is 0 Å². The standard InChI is InChI=1S/C10H12N6O4/c1-6-14-7(15-20-6)3-4-11-9-8(16(17)18)10(19-2)13-5-12-9/h5H,3-4H2,1-2H3,(H,11,12,13). The third-order valence-electron chi connectivity index (χ3n) is 2.38. The summed E-state index contributed by atoms with van der Waals surface area (Å²) in [6.45, 7) is 2.05. The van der Waals surface area contributed by atoms with Gasteiger partial charge in [-0.2, -0.15) is 9.97 Å². The van der Waals surface area contributed by atoms with Crippen molar-refractivity contribution < 1.29 is 14.2 Å². The van der Waals surface area contributed by atoms with Gasteiger partial charge in [0.15, 0.2) is 5.82 Å². The number of anilines is 1. The highest BCUT2D eigenvalue weighted by molar-refractivity contribution is 5.61. The minimum absolute atomic E-state index is 0.0852. The summed E-state index contributed by atoms with van der Waals surface area (Å²) in [5.74, 6) is 0.971. The molecular formula is C10H12N6O4. The molecule has 2 heterocycles. The van der Waals surface area contributed by atoms with Gasteiger partial charge in [0.2, 0.25) is 11.7 Å². The Bertz CT molecular complexity index is 614. The molecule has 1 N–H and O–H groups in total. The van der Waals surface area contributed by atoms with Gasteiger partial charge in [-0.05, 0) is 0 Å². The van der Waals surface area contributed by atoms with E-state index >= 15 is 0 Å². The first-order valence-corrected chi connectivity index (χ1v) is 5.68. The highest BCUT2D eigenvalue weighted by Crippen LogP contribution is 2.30. The van der Waals surface area contributed by atoms with Crippen molar-refractivity contribution in [1.29, 1.82) is 0 Å². The summed E-state index contributed by atoms with van der Waals surface area (Å²) in [7, 11) is 1.31. The van der Waals surface area contributed by atoms with Gasteiger partial charge in [0.05, 0.1) is 12.0 Å². The van der Waals surface area contributed by atoms with Crippen LogP contribution in [0.5, 0.6) is 5.88 Å². The molecule has 0 aliphatic rings. The number of hydrogen-bond acceptors (Lipinski definition) is 9. The molecule has 0 spiro atoms. The number of hydrogen-bond donors (Lipinski definition) is 1. The van der Waals surface area contributed by atoms with Gasteiger partial charge in [0, 0.05) is 19.9 Å². The van der Waals surface area contributed by atoms with Crippen molar-refractivity contribution in [2.45, 2.75) is 13.3 Å². The average molecular weight is 280 g/mol. The normalized spacial score (nSPS) is 10.3. The van der Waals surface area contributed by atoms with Gasteiger partial charge < -0.3 is 14.6 Å². The molecule has 0 bridgehead atoms. The highest BCUT2D eigenvalue weighted by Gasteiger charge is 2.23. The molecule has 0 aliphatic carbocycles. The Morgan fingerprint density at radius 1 is 1.50 bits per heavy atom. The van der Waals surface area contributed by atoms with Crippen molar-refractivity contribution in [3.05, 3.63) is 28.2 Å². The second-order valence-electron chi connectivity index (χ2n) is 3.74. The van der Waals surface area contributed by atoms with Gasteiger partial charge in [-0.25, -0.2) is 4.98 Å². The van der Waals surface area contributed by atoms with E-state index in [4.69, 9.17) is 9.26 Å². The molecular weight excluding hydrogens is 268 g/mol. The molecule has 0 aromatic carbocycles. The Hall–Kier alpha value is -2.78. The van der Waals surface area contributed by atoms with Gasteiger partial charge in [-0.15, -0.1) is 0 Å². The summed E-state index contributed by atoms with van der Waals surface area (Å²) in [6.07, 6.45) is 1.63. The molecule has 0 saturated heterocycles. The van der Waals surface area contributed by atoms with Crippen molar-refractivity contribution in [3.63, 3.8) is 0 Å². The van der Waals surface area contributed by atoms with E-state index in [1.165, 1.54) is 13.4 Å². The number of methoxy groups -OCH3 is 1. The Labute approximate surface area is 113 Å². The summed E-state index contributed by atoms with van der Waals surface area (Å²) >= 11 is 0. The monoisotopic (exact) mass is 280 g/mol. The molecule has 0 radical (unpaired) electrons. The molecule has 10 nitrogen and oxygen atoms in total. The van der Waals surface area contributed by atoms with E-state index in [0.29, 0.717) is 24.7 Å². The van der Waals surface area contributed by atoms with Gasteiger partial charge in [0.1, 0.15) is 6.33 Å². The van der Waals surface area contributed by atoms with E-state index in [1.807, 2.05) is 0 Å². The molecule has 10 heteroatoms. The van der Waals surface area contributed by atoms with Crippen LogP contribution in [0.2, 0.25) is 0 Å². The Balaban J connectivity index is 2.07. The van der Waals surface area contributed by atoms with Crippen molar-refractivity contribution in [3.8, 4) is 5.88 Å². The molecule has 2 rings (SSSR count). The zero-order valence-electron chi connectivity index (χ0n) is 10.9. The Kier molecular flexibility index (Phi) is 4.03. The molecule has 0 saturated carbocycles. The predicted octanol–water partition coefficient (Wildman–Crippen LogP) is 0.739. The third-order valence-corrected chi connectivity index (χ3v) is 2.38. The first kappa shape index (κ1) is 13.6. The SMILES string of the molecule is COc1ncnc(NCCc2noc(C)n2)c1[N+](=O)[O-]. The number of nitrogens with zero attached hydrogens (tertiary/aromatic N) is 5. The van der Waals surface area contributed by atoms with Gasteiger partial charge in [0.25, 0.3) is 5.88 Å². The van der Waals surface area contributed by atoms with Gasteiger partial charge >= 0.3 is 5.69 Å². The molecule has 0 aliphatic heterocycles. The van der Waals surface area contributed by atoms with E-state index < -0.39 is 4.92 Å². The van der Waals surface area contributed by atoms with E-state index in [2.05, 4.69) is 25.4 Å². The second-order valence-corrected chi connectivity index (χ2v) is 3.74. The summed E-state index contributed by atoms with van der Waals surface area (Å²) in [6, 6.07) is 0. The summed E-state index contributed by atoms with van der Waals surface area (Å²) < 4.78 is 9.67. The predicted molar refractivity (Wildman–Crippen MR) is 66.5 cm³/mol. The molecule has 106 valence electrons. The maximum Gasteiger partial charge on any atom is 0.372 e. The van der Waals surface area contributed by atoms with Crippen LogP contribution in [-0.4, -0.2) is 38.7 Å². The fourth-order valence-electron chi connectivity index (χ4n) is 1.54. The molecule has 2 aromatic rings. The topological polar surface area (TPSA) is 129 Å². The van der Waals surface area contributed by atoms with E-state index in [0.717, 1.165) is 0 Å². The van der Waals surface area contributed by atoms with Crippen molar-refractivity contribution in [2.24, 2.45) is 0 Å². The summed E-state index contributed by atoms with van der Waals surface area (Å²) in [5, 5.41) is 17.6. The lowest BCUT2D eigenvalue weighted by molar-refractivity contribution is -0.385. The summed E-state index contributed by atoms with van der Waals surface area (Å²) in [5.41, 5.74) is -0.306. The third kappa shape index (κ3) is 2.96. The van der Waals surface area contributed by atoms with Crippen LogP contribution in [-0.2, 0) is 6.42 Å². The Morgan fingerprint density at radius 3 is 2.90 bits per heavy atom. The Morgan fingerprint density at radius 2 is 2.30 bits per heavy atom. The molecule has 0 atom stereocenters. The lowest BCUT2D eigenvalue weighted by Crippen LogP contribution is -2.10. The molecule has 0 unspecified atom stereocenters. The number of rotatable bonds is 6. The minimum atomic E-state index is -0.598. The van der Waals surface area contributed by atoms with E-state index in [-0.39, 0.29) is 17.4 Å². The number of aromatic nitrogens is 4. The first-order valence-electron chi connectivity index (χ1n) is 5.68. The second kappa shape index (κ2) is 5.91. The lowest BCUT2D eigenvalue weighted by Gasteiger charge is -2.06. The quantitative estimate of drug-likeness (QED) is 0.601. The van der Waals surface area contributed by atoms with Crippen LogP contribution in [0.4, 0.5) is 11.5 Å². The zero-order valence-corrected chi connectivity index (χ0v) is 10.9. The van der Waals surface area contributed by atoms with E-state index in [1.54, 1.807) is 6.92 Å². The molecule has 0 amide bonds. The van der Waals surface area contributed by atoms with Crippen LogP contribution < -0.4 is 10.1 Å². The molecule has 2 aromatic heterocycles. The zero-order chi connectivity index (χ0) is 14.5. The maximum atomic E-state index is 11.0. The molecule has 0 fully saturated rings. The van der Waals surface area contributed by atoms with E-state index in [9.17, 15) is 10.1 Å². The molecule has 20 heavy (non-hydrogen) atoms. The first-order chi connectivity index (χ1) is 9.61. The average Bonchev–Trinajstić information content (AvgIpc) is 2.83. The van der Waals surface area contributed by atoms with Gasteiger partial charge in [-0.3, -0.25) is 10.1 Å². The van der Waals surface area contributed by atoms with Crippen LogP contribution in [0.1, 0.15) is 11.7 Å². The van der Waals surface area contributed by atoms with Crippen LogP contribution in [0, 0.1) is 17.0 Å². The van der Waals surface area contributed by atoms with Gasteiger partial charge in [-0.1, -0.05) is 5.16 Å². The number of aryl methyl sites for hydroxylation is 1. The largest absolute Gasteiger partial charge is 0.476 e. The lowest BCUT2D eigenvalue weighted by atomic mass is 10.4. The van der Waals surface area contributed by atoms with Crippen molar-refractivity contribution in [1.82, 2.24) is 20.1 Å². The van der Waals surface area contributed by atoms with Crippen molar-refractivity contribution >= 4 is 11.5 Å². The number of nitrogens with one attached hydrogen (secondary N) is 1. The van der Waals surface area contributed by atoms with Crippen LogP contribution in [0.15, 0.2) is 10.9 Å². The fraction of sp³-hybridized carbons (Fsp3) is 0.400. The fourth-order valence-corrected chi connectivity index (χ4v) is 1.54. The van der Waals surface area contributed by atoms with Crippen molar-refractivity contribution in [2.75, 3.05) is 19.0 Å². The minimum Gasteiger partial charge on any atom is -0.476 e.